The molecule has 0 saturated heterocycles. The molecule has 1 saturated carbocycles. The number of ether oxygens (including phenoxy) is 1. The molecule has 3 N–H and O–H groups in total. The van der Waals surface area contributed by atoms with Gasteiger partial charge in [0.05, 0.1) is 5.92 Å². The van der Waals surface area contributed by atoms with Crippen LogP contribution in [0.2, 0.25) is 0 Å². The van der Waals surface area contributed by atoms with Crippen LogP contribution in [-0.4, -0.2) is 33.6 Å². The zero-order chi connectivity index (χ0) is 22.8. The van der Waals surface area contributed by atoms with Crippen molar-refractivity contribution in [1.29, 1.82) is 5.26 Å². The van der Waals surface area contributed by atoms with Gasteiger partial charge in [-0.3, -0.25) is 9.59 Å². The number of aliphatic carboxylic acids is 1. The van der Waals surface area contributed by atoms with E-state index >= 15 is 0 Å². The molecule has 0 spiro atoms. The molecule has 1 aliphatic rings. The van der Waals surface area contributed by atoms with Crippen molar-refractivity contribution in [2.45, 2.75) is 12.8 Å². The van der Waals surface area contributed by atoms with Gasteiger partial charge in [0.2, 0.25) is 0 Å². The number of carboxylic acid groups (broad SMARTS) is 1. The zero-order valence-corrected chi connectivity index (χ0v) is 16.7. The second kappa shape index (κ2) is 8.51. The lowest BCUT2D eigenvalue weighted by atomic mass is 10.0. The molecule has 9 heteroatoms. The van der Waals surface area contributed by atoms with E-state index in [1.807, 2.05) is 6.07 Å². The van der Waals surface area contributed by atoms with Gasteiger partial charge < -0.3 is 20.3 Å². The van der Waals surface area contributed by atoms with Crippen LogP contribution in [0, 0.1) is 29.0 Å². The largest absolute Gasteiger partial charge is 0.505 e. The molecule has 1 aliphatic carbocycles. The number of rotatable bonds is 7. The second-order valence-corrected chi connectivity index (χ2v) is 7.52. The number of aromatic nitrogens is 1. The standard InChI is InChI=1S/C23H18FN3O5/c24-13-3-5-14(6-4-13)32-15-7-8-16-17(9-15)19(10-25)27-20(21(16)28)22(29)26-11-18(23(30)31)12-1-2-12/h3-9,12,18,28H,1-2,11H2,(H,26,29)(H,30,31). The summed E-state index contributed by atoms with van der Waals surface area (Å²) in [5, 5.41) is 32.4. The number of nitriles is 1. The summed E-state index contributed by atoms with van der Waals surface area (Å²) in [6.07, 6.45) is 1.60. The van der Waals surface area contributed by atoms with Crippen molar-refractivity contribution in [2.75, 3.05) is 6.54 Å². The molecule has 1 unspecified atom stereocenters. The fourth-order valence-electron chi connectivity index (χ4n) is 3.46. The van der Waals surface area contributed by atoms with Crippen molar-refractivity contribution in [3.05, 3.63) is 59.7 Å². The van der Waals surface area contributed by atoms with Gasteiger partial charge in [-0.15, -0.1) is 0 Å². The van der Waals surface area contributed by atoms with Crippen molar-refractivity contribution in [3.63, 3.8) is 0 Å². The van der Waals surface area contributed by atoms with Crippen LogP contribution in [0.5, 0.6) is 17.2 Å². The minimum atomic E-state index is -0.991. The van der Waals surface area contributed by atoms with Gasteiger partial charge in [0.15, 0.2) is 11.4 Å². The number of hydrogen-bond acceptors (Lipinski definition) is 6. The Bertz CT molecular complexity index is 1250. The summed E-state index contributed by atoms with van der Waals surface area (Å²) in [6, 6.07) is 11.8. The molecule has 2 aromatic carbocycles. The molecule has 0 aliphatic heterocycles. The summed E-state index contributed by atoms with van der Waals surface area (Å²) in [5.74, 6) is -2.57. The molecular formula is C23H18FN3O5. The maximum absolute atomic E-state index is 13.1. The van der Waals surface area contributed by atoms with Crippen molar-refractivity contribution in [1.82, 2.24) is 10.3 Å². The van der Waals surface area contributed by atoms with Crippen LogP contribution in [0.25, 0.3) is 10.8 Å². The van der Waals surface area contributed by atoms with E-state index in [4.69, 9.17) is 4.74 Å². The Labute approximate surface area is 181 Å². The Kier molecular flexibility index (Phi) is 5.60. The van der Waals surface area contributed by atoms with Crippen LogP contribution in [0.4, 0.5) is 4.39 Å². The number of carbonyl (C=O) groups is 2. The lowest BCUT2D eigenvalue weighted by molar-refractivity contribution is -0.142. The van der Waals surface area contributed by atoms with E-state index in [2.05, 4.69) is 10.3 Å². The predicted molar refractivity (Wildman–Crippen MR) is 111 cm³/mol. The van der Waals surface area contributed by atoms with E-state index < -0.39 is 29.4 Å². The maximum Gasteiger partial charge on any atom is 0.308 e. The number of pyridine rings is 1. The number of carboxylic acids is 1. The Hall–Kier alpha value is -4.19. The van der Waals surface area contributed by atoms with E-state index in [0.717, 1.165) is 12.8 Å². The third kappa shape index (κ3) is 4.30. The first kappa shape index (κ1) is 21.1. The summed E-state index contributed by atoms with van der Waals surface area (Å²) in [4.78, 5) is 27.9. The monoisotopic (exact) mass is 435 g/mol. The minimum absolute atomic E-state index is 0.0279. The number of halogens is 1. The molecule has 1 fully saturated rings. The number of fused-ring (bicyclic) bond motifs is 1. The average molecular weight is 435 g/mol. The molecule has 1 aromatic heterocycles. The third-order valence-corrected chi connectivity index (χ3v) is 5.31. The van der Waals surface area contributed by atoms with Gasteiger partial charge in [-0.2, -0.15) is 5.26 Å². The van der Waals surface area contributed by atoms with Gasteiger partial charge >= 0.3 is 5.97 Å². The van der Waals surface area contributed by atoms with E-state index in [1.54, 1.807) is 0 Å². The molecule has 4 rings (SSSR count). The Balaban J connectivity index is 1.61. The lowest BCUT2D eigenvalue weighted by Crippen LogP contribution is -2.34. The van der Waals surface area contributed by atoms with Gasteiger partial charge in [0.25, 0.3) is 5.91 Å². The summed E-state index contributed by atoms with van der Waals surface area (Å²) in [7, 11) is 0. The molecule has 1 amide bonds. The summed E-state index contributed by atoms with van der Waals surface area (Å²) in [5.41, 5.74) is -0.467. The smallest absolute Gasteiger partial charge is 0.308 e. The summed E-state index contributed by atoms with van der Waals surface area (Å²) < 4.78 is 18.7. The highest BCUT2D eigenvalue weighted by molar-refractivity contribution is 6.03. The van der Waals surface area contributed by atoms with E-state index in [-0.39, 0.29) is 34.6 Å². The van der Waals surface area contributed by atoms with Gasteiger partial charge in [-0.25, -0.2) is 9.37 Å². The van der Waals surface area contributed by atoms with Crippen LogP contribution in [0.1, 0.15) is 29.0 Å². The van der Waals surface area contributed by atoms with E-state index in [0.29, 0.717) is 11.5 Å². The minimum Gasteiger partial charge on any atom is -0.505 e. The molecule has 1 heterocycles. The van der Waals surface area contributed by atoms with Crippen LogP contribution in [0.15, 0.2) is 42.5 Å². The average Bonchev–Trinajstić information content (AvgIpc) is 3.60. The number of aromatic hydroxyl groups is 1. The van der Waals surface area contributed by atoms with Gasteiger partial charge in [-0.1, -0.05) is 0 Å². The van der Waals surface area contributed by atoms with E-state index in [9.17, 15) is 29.5 Å². The number of nitrogens with zero attached hydrogens (tertiary/aromatic N) is 2. The van der Waals surface area contributed by atoms with Gasteiger partial charge in [-0.05, 0) is 61.2 Å². The molecule has 0 bridgehead atoms. The van der Waals surface area contributed by atoms with E-state index in [1.165, 1.54) is 42.5 Å². The Morgan fingerprint density at radius 3 is 2.50 bits per heavy atom. The fraction of sp³-hybridized carbons (Fsp3) is 0.217. The molecule has 3 aromatic rings. The highest BCUT2D eigenvalue weighted by Gasteiger charge is 2.36. The number of nitrogens with one attached hydrogen (secondary N) is 1. The van der Waals surface area contributed by atoms with Crippen LogP contribution >= 0.6 is 0 Å². The first-order valence-electron chi connectivity index (χ1n) is 9.88. The summed E-state index contributed by atoms with van der Waals surface area (Å²) >= 11 is 0. The molecule has 1 atom stereocenters. The number of amides is 1. The number of carbonyl (C=O) groups excluding carboxylic acids is 1. The van der Waals surface area contributed by atoms with Crippen LogP contribution in [0.3, 0.4) is 0 Å². The fourth-order valence-corrected chi connectivity index (χ4v) is 3.46. The first-order valence-corrected chi connectivity index (χ1v) is 9.88. The topological polar surface area (TPSA) is 133 Å². The lowest BCUT2D eigenvalue weighted by Gasteiger charge is -2.14. The van der Waals surface area contributed by atoms with Crippen molar-refractivity contribution >= 4 is 22.6 Å². The van der Waals surface area contributed by atoms with Crippen molar-refractivity contribution in [2.24, 2.45) is 11.8 Å². The maximum atomic E-state index is 13.1. The SMILES string of the molecule is N#Cc1nc(C(=O)NCC(C(=O)O)C2CC2)c(O)c2ccc(Oc3ccc(F)cc3)cc12. The van der Waals surface area contributed by atoms with Crippen LogP contribution in [-0.2, 0) is 4.79 Å². The highest BCUT2D eigenvalue weighted by Crippen LogP contribution is 2.37. The number of hydrogen-bond donors (Lipinski definition) is 3. The van der Waals surface area contributed by atoms with Crippen molar-refractivity contribution < 1.29 is 28.9 Å². The highest BCUT2D eigenvalue weighted by atomic mass is 19.1. The molecule has 32 heavy (non-hydrogen) atoms. The molecule has 8 nitrogen and oxygen atoms in total. The van der Waals surface area contributed by atoms with Crippen LogP contribution < -0.4 is 10.1 Å². The quantitative estimate of drug-likeness (QED) is 0.517. The molecule has 0 radical (unpaired) electrons. The second-order valence-electron chi connectivity index (χ2n) is 7.52. The number of benzene rings is 2. The molecule has 162 valence electrons. The predicted octanol–water partition coefficient (Wildman–Crippen LogP) is 3.58. The third-order valence-electron chi connectivity index (χ3n) is 5.31. The zero-order valence-electron chi connectivity index (χ0n) is 16.7. The van der Waals surface area contributed by atoms with Crippen molar-refractivity contribution in [3.8, 4) is 23.3 Å². The summed E-state index contributed by atoms with van der Waals surface area (Å²) in [6.45, 7) is -0.0929. The molecular weight excluding hydrogens is 417 g/mol. The Morgan fingerprint density at radius 2 is 1.88 bits per heavy atom. The van der Waals surface area contributed by atoms with Gasteiger partial charge in [0.1, 0.15) is 29.1 Å². The van der Waals surface area contributed by atoms with Gasteiger partial charge in [0, 0.05) is 17.3 Å². The normalized spacial score (nSPS) is 13.9. The first-order chi connectivity index (χ1) is 15.4. The Morgan fingerprint density at radius 1 is 1.19 bits per heavy atom.